The van der Waals surface area contributed by atoms with Gasteiger partial charge < -0.3 is 19.9 Å². The lowest BCUT2D eigenvalue weighted by atomic mass is 9.79. The summed E-state index contributed by atoms with van der Waals surface area (Å²) in [5, 5.41) is 12.8. The zero-order chi connectivity index (χ0) is 25.2. The number of hydrogen-bond acceptors (Lipinski definition) is 5. The van der Waals surface area contributed by atoms with Crippen LogP contribution in [0.2, 0.25) is 0 Å². The molecule has 0 atom stereocenters. The molecule has 10 heteroatoms. The smallest absolute Gasteiger partial charge is 0.329 e. The molecule has 2 N–H and O–H groups in total. The third-order valence-corrected chi connectivity index (χ3v) is 6.49. The maximum atomic E-state index is 14.1. The van der Waals surface area contributed by atoms with Crippen LogP contribution in [-0.2, 0) is 16.1 Å². The Labute approximate surface area is 200 Å². The Kier molecular flexibility index (Phi) is 7.21. The second-order valence-corrected chi connectivity index (χ2v) is 9.08. The molecule has 2 aromatic rings. The fourth-order valence-corrected chi connectivity index (χ4v) is 4.37. The molecule has 2 saturated carbocycles. The summed E-state index contributed by atoms with van der Waals surface area (Å²) in [4.78, 5) is 16.1. The van der Waals surface area contributed by atoms with Crippen LogP contribution >= 0.6 is 0 Å². The summed E-state index contributed by atoms with van der Waals surface area (Å²) in [7, 11) is 0. The Balaban J connectivity index is 1.71. The highest BCUT2D eigenvalue weighted by atomic mass is 19.3. The van der Waals surface area contributed by atoms with Crippen molar-refractivity contribution in [3.8, 4) is 16.9 Å². The Morgan fingerprint density at radius 1 is 1.17 bits per heavy atom. The van der Waals surface area contributed by atoms with Crippen LogP contribution in [-0.4, -0.2) is 40.2 Å². The minimum Gasteiger partial charge on any atom is -0.492 e. The van der Waals surface area contributed by atoms with E-state index < -0.39 is 36.7 Å². The van der Waals surface area contributed by atoms with Crippen LogP contribution in [0.4, 0.5) is 23.2 Å². The van der Waals surface area contributed by atoms with E-state index in [1.54, 1.807) is 25.1 Å². The van der Waals surface area contributed by atoms with Crippen molar-refractivity contribution >= 4 is 11.7 Å². The van der Waals surface area contributed by atoms with Crippen LogP contribution in [0.5, 0.6) is 5.75 Å². The van der Waals surface area contributed by atoms with Gasteiger partial charge in [0.05, 0.1) is 31.1 Å². The van der Waals surface area contributed by atoms with E-state index in [1.165, 1.54) is 12.4 Å². The normalized spacial score (nSPS) is 18.9. The van der Waals surface area contributed by atoms with Gasteiger partial charge in [-0.05, 0) is 55.9 Å². The van der Waals surface area contributed by atoms with Crippen molar-refractivity contribution in [2.24, 2.45) is 0 Å². The number of anilines is 1. The Hall–Kier alpha value is -2.88. The predicted molar refractivity (Wildman–Crippen MR) is 121 cm³/mol. The number of aromatic nitrogens is 1. The molecule has 6 nitrogen and oxygen atoms in total. The predicted octanol–water partition coefficient (Wildman–Crippen LogP) is 6.21. The van der Waals surface area contributed by atoms with E-state index >= 15 is 0 Å². The Bertz CT molecular complexity index is 1070. The maximum absolute atomic E-state index is 14.1. The highest BCUT2D eigenvalue weighted by Gasteiger charge is 2.48. The molecule has 0 amide bonds. The van der Waals surface area contributed by atoms with Gasteiger partial charge in [0.15, 0.2) is 0 Å². The summed E-state index contributed by atoms with van der Waals surface area (Å²) >= 11 is 0. The lowest BCUT2D eigenvalue weighted by Gasteiger charge is -2.38. The first-order valence-electron chi connectivity index (χ1n) is 11.7. The number of carboxylic acid groups (broad SMARTS) is 1. The number of aliphatic carboxylic acids is 1. The van der Waals surface area contributed by atoms with Crippen LogP contribution in [0.25, 0.3) is 11.1 Å². The molecule has 1 aromatic heterocycles. The molecule has 2 aliphatic rings. The van der Waals surface area contributed by atoms with Crippen molar-refractivity contribution in [2.75, 3.05) is 11.9 Å². The van der Waals surface area contributed by atoms with Crippen LogP contribution in [0.15, 0.2) is 30.6 Å². The lowest BCUT2D eigenvalue weighted by molar-refractivity contribution is -0.146. The van der Waals surface area contributed by atoms with E-state index in [4.69, 9.17) is 9.47 Å². The molecule has 0 saturated heterocycles. The molecule has 2 fully saturated rings. The van der Waals surface area contributed by atoms with Crippen molar-refractivity contribution in [2.45, 2.75) is 76.0 Å². The van der Waals surface area contributed by atoms with E-state index in [2.05, 4.69) is 10.3 Å². The van der Waals surface area contributed by atoms with E-state index in [0.29, 0.717) is 16.8 Å². The van der Waals surface area contributed by atoms with Crippen molar-refractivity contribution in [3.63, 3.8) is 0 Å². The second-order valence-electron chi connectivity index (χ2n) is 9.08. The molecule has 190 valence electrons. The molecule has 0 unspecified atom stereocenters. The van der Waals surface area contributed by atoms with Crippen molar-refractivity contribution in [1.82, 2.24) is 4.98 Å². The topological polar surface area (TPSA) is 80.7 Å². The Morgan fingerprint density at radius 3 is 2.49 bits per heavy atom. The molecular weight excluding hydrogens is 468 g/mol. The van der Waals surface area contributed by atoms with Crippen molar-refractivity contribution in [1.29, 1.82) is 0 Å². The highest BCUT2D eigenvalue weighted by molar-refractivity contribution is 5.84. The van der Waals surface area contributed by atoms with Gasteiger partial charge >= 0.3 is 5.97 Å². The molecular formula is C25H28F4N2O4. The zero-order valence-electron chi connectivity index (χ0n) is 19.3. The number of alkyl halides is 4. The third kappa shape index (κ3) is 5.69. The molecule has 2 aliphatic carbocycles. The van der Waals surface area contributed by atoms with Gasteiger partial charge in [0, 0.05) is 30.3 Å². The summed E-state index contributed by atoms with van der Waals surface area (Å²) in [6.45, 7) is 2.01. The standard InChI is InChI=1S/C25H28F4N2O4/c1-2-34-20-13-30-12-19(21(20)22(26)27)18-6-3-16(11-15(18)14-35-17-4-5-17)31-24(23(32)33)7-9-25(28,29)10-8-24/h3,6,11-13,17,22,31H,2,4-5,7-10,14H2,1H3,(H,32,33). The van der Waals surface area contributed by atoms with Gasteiger partial charge in [0.1, 0.15) is 11.3 Å². The number of halogens is 4. The van der Waals surface area contributed by atoms with Gasteiger partial charge in [-0.3, -0.25) is 4.98 Å². The Morgan fingerprint density at radius 2 is 1.89 bits per heavy atom. The fourth-order valence-electron chi connectivity index (χ4n) is 4.37. The molecule has 0 spiro atoms. The number of rotatable bonds is 10. The largest absolute Gasteiger partial charge is 0.492 e. The molecule has 0 aliphatic heterocycles. The van der Waals surface area contributed by atoms with Crippen LogP contribution in [0.3, 0.4) is 0 Å². The average molecular weight is 497 g/mol. The second kappa shape index (κ2) is 10.0. The SMILES string of the molecule is CCOc1cncc(-c2ccc(NC3(C(=O)O)CCC(F)(F)CC3)cc2COC2CC2)c1C(F)F. The number of benzene rings is 1. The van der Waals surface area contributed by atoms with Crippen molar-refractivity contribution < 1.29 is 36.9 Å². The summed E-state index contributed by atoms with van der Waals surface area (Å²) in [5.41, 5.74) is -0.226. The minimum absolute atomic E-state index is 0.00998. The minimum atomic E-state index is -2.89. The average Bonchev–Trinajstić information content (AvgIpc) is 3.64. The van der Waals surface area contributed by atoms with Crippen LogP contribution in [0, 0.1) is 0 Å². The summed E-state index contributed by atoms with van der Waals surface area (Å²) in [6.07, 6.45) is 0.152. The number of hydrogen-bond donors (Lipinski definition) is 2. The number of carbonyl (C=O) groups is 1. The molecule has 1 heterocycles. The lowest BCUT2D eigenvalue weighted by Crippen LogP contribution is -2.51. The van der Waals surface area contributed by atoms with Crippen molar-refractivity contribution in [3.05, 3.63) is 41.7 Å². The molecule has 0 radical (unpaired) electrons. The number of carboxylic acids is 1. The zero-order valence-corrected chi connectivity index (χ0v) is 19.3. The molecule has 1 aromatic carbocycles. The third-order valence-electron chi connectivity index (χ3n) is 6.49. The van der Waals surface area contributed by atoms with Gasteiger partial charge in [-0.2, -0.15) is 0 Å². The number of nitrogens with one attached hydrogen (secondary N) is 1. The summed E-state index contributed by atoms with van der Waals surface area (Å²) < 4.78 is 66.8. The van der Waals surface area contributed by atoms with Crippen LogP contribution < -0.4 is 10.1 Å². The highest BCUT2D eigenvalue weighted by Crippen LogP contribution is 2.42. The number of nitrogens with zero attached hydrogens (tertiary/aromatic N) is 1. The maximum Gasteiger partial charge on any atom is 0.329 e. The first kappa shape index (κ1) is 25.2. The quantitative estimate of drug-likeness (QED) is 0.381. The van der Waals surface area contributed by atoms with E-state index in [0.717, 1.165) is 12.8 Å². The first-order valence-corrected chi connectivity index (χ1v) is 11.7. The van der Waals surface area contributed by atoms with Gasteiger partial charge in [-0.1, -0.05) is 6.07 Å². The van der Waals surface area contributed by atoms with Gasteiger partial charge in [0.2, 0.25) is 5.92 Å². The van der Waals surface area contributed by atoms with E-state index in [-0.39, 0.29) is 49.0 Å². The number of ether oxygens (including phenoxy) is 2. The van der Waals surface area contributed by atoms with E-state index in [1.807, 2.05) is 0 Å². The monoisotopic (exact) mass is 496 g/mol. The fraction of sp³-hybridized carbons (Fsp3) is 0.520. The summed E-state index contributed by atoms with van der Waals surface area (Å²) in [5.74, 6) is -4.11. The van der Waals surface area contributed by atoms with Gasteiger partial charge in [-0.25, -0.2) is 22.4 Å². The molecule has 4 rings (SSSR count). The molecule has 0 bridgehead atoms. The molecule has 35 heavy (non-hydrogen) atoms. The van der Waals surface area contributed by atoms with E-state index in [9.17, 15) is 27.5 Å². The number of pyridine rings is 1. The van der Waals surface area contributed by atoms with Gasteiger partial charge in [-0.15, -0.1) is 0 Å². The van der Waals surface area contributed by atoms with Crippen LogP contribution in [0.1, 0.15) is 63.0 Å². The van der Waals surface area contributed by atoms with Gasteiger partial charge in [0.25, 0.3) is 6.43 Å². The summed E-state index contributed by atoms with van der Waals surface area (Å²) in [6, 6.07) is 4.80. The first-order chi connectivity index (χ1) is 16.6.